The second-order valence-corrected chi connectivity index (χ2v) is 6.65. The third-order valence-corrected chi connectivity index (χ3v) is 4.86. The quantitative estimate of drug-likeness (QED) is 0.723. The molecule has 0 unspecified atom stereocenters. The summed E-state index contributed by atoms with van der Waals surface area (Å²) in [7, 11) is 0. The lowest BCUT2D eigenvalue weighted by atomic mass is 9.85. The van der Waals surface area contributed by atoms with Crippen molar-refractivity contribution in [2.75, 3.05) is 6.54 Å². The van der Waals surface area contributed by atoms with E-state index in [1.54, 1.807) is 12.3 Å². The second kappa shape index (κ2) is 6.87. The van der Waals surface area contributed by atoms with E-state index in [-0.39, 0.29) is 17.0 Å². The molecular weight excluding hydrogens is 334 g/mol. The summed E-state index contributed by atoms with van der Waals surface area (Å²) in [4.78, 5) is 23.3. The fraction of sp³-hybridized carbons (Fsp3) is 0.444. The summed E-state index contributed by atoms with van der Waals surface area (Å²) in [5.41, 5.74) is 0.641. The Balaban J connectivity index is 1.52. The first-order valence-electron chi connectivity index (χ1n) is 8.89. The van der Waals surface area contributed by atoms with Crippen LogP contribution in [0, 0.1) is 0 Å². The SMILES string of the molecule is CCN(Cc1cc(=O)n2cccc(O)c2n1)Cc1noc(C2CCC2)n1. The van der Waals surface area contributed by atoms with E-state index < -0.39 is 0 Å². The maximum absolute atomic E-state index is 12.3. The minimum Gasteiger partial charge on any atom is -0.504 e. The minimum absolute atomic E-state index is 0.0159. The molecule has 1 fully saturated rings. The molecule has 3 heterocycles. The molecule has 1 N–H and O–H groups in total. The monoisotopic (exact) mass is 355 g/mol. The van der Waals surface area contributed by atoms with Crippen molar-refractivity contribution in [2.45, 2.75) is 45.2 Å². The first kappa shape index (κ1) is 16.7. The first-order chi connectivity index (χ1) is 12.6. The lowest BCUT2D eigenvalue weighted by Crippen LogP contribution is -2.25. The Morgan fingerprint density at radius 2 is 2.19 bits per heavy atom. The zero-order valence-electron chi connectivity index (χ0n) is 14.6. The van der Waals surface area contributed by atoms with Gasteiger partial charge in [-0.25, -0.2) is 4.98 Å². The highest BCUT2D eigenvalue weighted by molar-refractivity contribution is 5.52. The van der Waals surface area contributed by atoms with Gasteiger partial charge in [0.1, 0.15) is 0 Å². The van der Waals surface area contributed by atoms with Crippen molar-refractivity contribution in [3.05, 3.63) is 52.2 Å². The van der Waals surface area contributed by atoms with Gasteiger partial charge >= 0.3 is 0 Å². The molecular formula is C18H21N5O3. The summed E-state index contributed by atoms with van der Waals surface area (Å²) < 4.78 is 6.70. The highest BCUT2D eigenvalue weighted by Gasteiger charge is 2.25. The highest BCUT2D eigenvalue weighted by Crippen LogP contribution is 2.35. The molecule has 4 rings (SSSR count). The van der Waals surface area contributed by atoms with E-state index in [1.807, 2.05) is 6.92 Å². The molecule has 26 heavy (non-hydrogen) atoms. The van der Waals surface area contributed by atoms with Crippen molar-refractivity contribution in [3.63, 3.8) is 0 Å². The van der Waals surface area contributed by atoms with Crippen LogP contribution < -0.4 is 5.56 Å². The van der Waals surface area contributed by atoms with E-state index >= 15 is 0 Å². The van der Waals surface area contributed by atoms with Crippen LogP contribution in [-0.4, -0.2) is 36.1 Å². The van der Waals surface area contributed by atoms with Gasteiger partial charge in [-0.1, -0.05) is 18.5 Å². The Morgan fingerprint density at radius 3 is 2.92 bits per heavy atom. The molecule has 0 atom stereocenters. The summed E-state index contributed by atoms with van der Waals surface area (Å²) >= 11 is 0. The third kappa shape index (κ3) is 3.20. The van der Waals surface area contributed by atoms with Gasteiger partial charge in [-0.05, 0) is 31.5 Å². The number of nitrogens with zero attached hydrogens (tertiary/aromatic N) is 5. The second-order valence-electron chi connectivity index (χ2n) is 6.65. The van der Waals surface area contributed by atoms with Gasteiger partial charge in [-0.15, -0.1) is 0 Å². The van der Waals surface area contributed by atoms with Crippen molar-refractivity contribution >= 4 is 5.65 Å². The molecule has 1 aliphatic carbocycles. The van der Waals surface area contributed by atoms with Crippen LogP contribution in [0.3, 0.4) is 0 Å². The Morgan fingerprint density at radius 1 is 1.35 bits per heavy atom. The first-order valence-corrected chi connectivity index (χ1v) is 8.89. The summed E-state index contributed by atoms with van der Waals surface area (Å²) in [6.07, 6.45) is 5.05. The standard InChI is InChI=1S/C18H21N5O3/c1-2-22(11-15-20-18(26-21-15)12-5-3-6-12)10-13-9-16(25)23-8-4-7-14(24)17(23)19-13/h4,7-9,12,24H,2-3,5-6,10-11H2,1H3. The Bertz CT molecular complexity index is 976. The largest absolute Gasteiger partial charge is 0.504 e. The molecule has 0 aromatic carbocycles. The average molecular weight is 355 g/mol. The number of hydrogen-bond donors (Lipinski definition) is 1. The minimum atomic E-state index is -0.219. The predicted molar refractivity (Wildman–Crippen MR) is 93.8 cm³/mol. The maximum atomic E-state index is 12.3. The van der Waals surface area contributed by atoms with E-state index in [4.69, 9.17) is 4.52 Å². The topological polar surface area (TPSA) is 96.8 Å². The third-order valence-electron chi connectivity index (χ3n) is 4.86. The summed E-state index contributed by atoms with van der Waals surface area (Å²) in [6.45, 7) is 3.76. The van der Waals surface area contributed by atoms with E-state index in [0.717, 1.165) is 25.3 Å². The molecule has 3 aromatic heterocycles. The Labute approximate surface area is 150 Å². The lowest BCUT2D eigenvalue weighted by molar-refractivity contribution is 0.253. The molecule has 3 aromatic rings. The van der Waals surface area contributed by atoms with E-state index in [0.29, 0.717) is 30.5 Å². The van der Waals surface area contributed by atoms with Crippen molar-refractivity contribution in [1.29, 1.82) is 0 Å². The van der Waals surface area contributed by atoms with Gasteiger partial charge in [0, 0.05) is 24.7 Å². The number of hydrogen-bond acceptors (Lipinski definition) is 7. The number of aromatic nitrogens is 4. The zero-order valence-corrected chi connectivity index (χ0v) is 14.6. The molecule has 0 bridgehead atoms. The van der Waals surface area contributed by atoms with Crippen LogP contribution in [0.25, 0.3) is 5.65 Å². The predicted octanol–water partition coefficient (Wildman–Crippen LogP) is 2.07. The fourth-order valence-corrected chi connectivity index (χ4v) is 3.10. The average Bonchev–Trinajstić information content (AvgIpc) is 3.01. The van der Waals surface area contributed by atoms with E-state index in [9.17, 15) is 9.90 Å². The number of fused-ring (bicyclic) bond motifs is 1. The summed E-state index contributed by atoms with van der Waals surface area (Å²) in [6, 6.07) is 4.62. The Kier molecular flexibility index (Phi) is 4.42. The van der Waals surface area contributed by atoms with Crippen LogP contribution >= 0.6 is 0 Å². The molecule has 8 heteroatoms. The van der Waals surface area contributed by atoms with Crippen LogP contribution in [0.5, 0.6) is 5.75 Å². The van der Waals surface area contributed by atoms with Crippen LogP contribution in [-0.2, 0) is 13.1 Å². The fourth-order valence-electron chi connectivity index (χ4n) is 3.10. The van der Waals surface area contributed by atoms with Crippen LogP contribution in [0.15, 0.2) is 33.7 Å². The van der Waals surface area contributed by atoms with Gasteiger partial charge in [-0.3, -0.25) is 14.1 Å². The number of aromatic hydroxyl groups is 1. The van der Waals surface area contributed by atoms with Crippen LogP contribution in [0.4, 0.5) is 0 Å². The highest BCUT2D eigenvalue weighted by atomic mass is 16.5. The van der Waals surface area contributed by atoms with Crippen molar-refractivity contribution < 1.29 is 9.63 Å². The smallest absolute Gasteiger partial charge is 0.258 e. The molecule has 0 radical (unpaired) electrons. The van der Waals surface area contributed by atoms with Gasteiger partial charge in [0.15, 0.2) is 17.2 Å². The van der Waals surface area contributed by atoms with Gasteiger partial charge in [0.25, 0.3) is 5.56 Å². The molecule has 0 amide bonds. The van der Waals surface area contributed by atoms with Crippen LogP contribution in [0.2, 0.25) is 0 Å². The molecule has 136 valence electrons. The molecule has 1 aliphatic rings. The van der Waals surface area contributed by atoms with E-state index in [2.05, 4.69) is 20.0 Å². The molecule has 1 saturated carbocycles. The number of rotatable bonds is 6. The molecule has 8 nitrogen and oxygen atoms in total. The van der Waals surface area contributed by atoms with Gasteiger partial charge < -0.3 is 9.63 Å². The summed E-state index contributed by atoms with van der Waals surface area (Å²) in [5.74, 6) is 1.78. The maximum Gasteiger partial charge on any atom is 0.258 e. The zero-order chi connectivity index (χ0) is 18.1. The Hall–Kier alpha value is -2.74. The summed E-state index contributed by atoms with van der Waals surface area (Å²) in [5, 5.41) is 14.0. The number of pyridine rings is 1. The van der Waals surface area contributed by atoms with Gasteiger partial charge in [0.05, 0.1) is 12.2 Å². The lowest BCUT2D eigenvalue weighted by Gasteiger charge is -2.20. The molecule has 0 aliphatic heterocycles. The van der Waals surface area contributed by atoms with Crippen LogP contribution in [0.1, 0.15) is 49.5 Å². The molecule has 0 saturated heterocycles. The van der Waals surface area contributed by atoms with Crippen molar-refractivity contribution in [3.8, 4) is 5.75 Å². The van der Waals surface area contributed by atoms with Gasteiger partial charge in [-0.2, -0.15) is 4.98 Å². The normalized spacial score (nSPS) is 14.8. The van der Waals surface area contributed by atoms with Crippen molar-refractivity contribution in [1.82, 2.24) is 24.4 Å². The van der Waals surface area contributed by atoms with E-state index in [1.165, 1.54) is 23.0 Å². The van der Waals surface area contributed by atoms with Gasteiger partial charge in [0.2, 0.25) is 5.89 Å². The molecule has 0 spiro atoms. The van der Waals surface area contributed by atoms with Crippen molar-refractivity contribution in [2.24, 2.45) is 0 Å².